The fraction of sp³-hybridized carbons (Fsp3) is 1.00. The van der Waals surface area contributed by atoms with Crippen LogP contribution in [-0.2, 0) is 0 Å². The van der Waals surface area contributed by atoms with E-state index in [0.29, 0.717) is 6.04 Å². The lowest BCUT2D eigenvalue weighted by Gasteiger charge is -2.24. The number of unbranched alkanes of at least 4 members (excludes halogenated alkanes) is 1. The summed E-state index contributed by atoms with van der Waals surface area (Å²) in [6, 6.07) is 1.39. The largest absolute Gasteiger partial charge is 0.311 e. The van der Waals surface area contributed by atoms with E-state index in [-0.39, 0.29) is 0 Å². The molecule has 2 unspecified atom stereocenters. The van der Waals surface area contributed by atoms with Gasteiger partial charge in [0.25, 0.3) is 0 Å². The Morgan fingerprint density at radius 3 is 2.08 bits per heavy atom. The van der Waals surface area contributed by atoms with Crippen molar-refractivity contribution in [3.8, 4) is 0 Å². The first kappa shape index (κ1) is 13.0. The normalized spacial score (nSPS) is 16.2. The Labute approximate surface area is 84.3 Å². The van der Waals surface area contributed by atoms with Crippen LogP contribution in [0.15, 0.2) is 0 Å². The van der Waals surface area contributed by atoms with Gasteiger partial charge in [-0.2, -0.15) is 0 Å². The minimum absolute atomic E-state index is 0.654. The minimum Gasteiger partial charge on any atom is -0.311 e. The maximum atomic E-state index is 3.70. The zero-order valence-electron chi connectivity index (χ0n) is 10.1. The van der Waals surface area contributed by atoms with Crippen molar-refractivity contribution in [2.75, 3.05) is 0 Å². The molecule has 0 fully saturated rings. The van der Waals surface area contributed by atoms with E-state index in [1.54, 1.807) is 0 Å². The van der Waals surface area contributed by atoms with E-state index in [2.05, 4.69) is 39.9 Å². The van der Waals surface area contributed by atoms with E-state index in [1.807, 2.05) is 0 Å². The van der Waals surface area contributed by atoms with E-state index >= 15 is 0 Å². The fourth-order valence-electron chi connectivity index (χ4n) is 1.42. The summed E-state index contributed by atoms with van der Waals surface area (Å²) in [5.41, 5.74) is 0. The molecule has 0 radical (unpaired) electrons. The van der Waals surface area contributed by atoms with Gasteiger partial charge in [0.15, 0.2) is 0 Å². The molecule has 1 nitrogen and oxygen atoms in total. The molecule has 0 rings (SSSR count). The molecule has 0 aromatic heterocycles. The maximum Gasteiger partial charge on any atom is 0.00670 e. The number of hydrogen-bond donors (Lipinski definition) is 1. The zero-order chi connectivity index (χ0) is 10.3. The molecule has 0 amide bonds. The van der Waals surface area contributed by atoms with Crippen molar-refractivity contribution in [1.29, 1.82) is 0 Å². The van der Waals surface area contributed by atoms with Gasteiger partial charge in [-0.3, -0.25) is 0 Å². The fourth-order valence-corrected chi connectivity index (χ4v) is 1.42. The molecule has 2 atom stereocenters. The molecule has 0 aromatic rings. The molecule has 0 saturated carbocycles. The Morgan fingerprint density at radius 2 is 1.69 bits per heavy atom. The van der Waals surface area contributed by atoms with Crippen molar-refractivity contribution < 1.29 is 0 Å². The van der Waals surface area contributed by atoms with Crippen molar-refractivity contribution >= 4 is 0 Å². The first-order valence-corrected chi connectivity index (χ1v) is 5.87. The molecular weight excluding hydrogens is 158 g/mol. The highest BCUT2D eigenvalue weighted by Crippen LogP contribution is 2.08. The summed E-state index contributed by atoms with van der Waals surface area (Å²) in [6.07, 6.45) is 5.27. The smallest absolute Gasteiger partial charge is 0.00670 e. The Kier molecular flexibility index (Phi) is 7.35. The Morgan fingerprint density at radius 1 is 1.08 bits per heavy atom. The topological polar surface area (TPSA) is 12.0 Å². The summed E-state index contributed by atoms with van der Waals surface area (Å²) in [7, 11) is 0. The third kappa shape index (κ3) is 6.09. The van der Waals surface area contributed by atoms with Gasteiger partial charge in [0.05, 0.1) is 0 Å². The van der Waals surface area contributed by atoms with E-state index < -0.39 is 0 Å². The summed E-state index contributed by atoms with van der Waals surface area (Å²) < 4.78 is 0. The van der Waals surface area contributed by atoms with Gasteiger partial charge in [0, 0.05) is 12.1 Å². The second kappa shape index (κ2) is 7.37. The number of nitrogens with one attached hydrogen (secondary N) is 1. The Bertz CT molecular complexity index is 110. The predicted octanol–water partition coefficient (Wildman–Crippen LogP) is 3.59. The van der Waals surface area contributed by atoms with Crippen molar-refractivity contribution in [2.24, 2.45) is 5.92 Å². The van der Waals surface area contributed by atoms with Gasteiger partial charge in [0.1, 0.15) is 0 Å². The molecule has 0 aromatic carbocycles. The molecule has 0 bridgehead atoms. The molecular formula is C12H27N. The number of hydrogen-bond acceptors (Lipinski definition) is 1. The lowest BCUT2D eigenvalue weighted by molar-refractivity contribution is 0.348. The van der Waals surface area contributed by atoms with Gasteiger partial charge in [-0.05, 0) is 25.7 Å². The quantitative estimate of drug-likeness (QED) is 0.639. The molecule has 0 aliphatic heterocycles. The highest BCUT2D eigenvalue weighted by molar-refractivity contribution is 4.72. The van der Waals surface area contributed by atoms with Crippen LogP contribution in [-0.4, -0.2) is 12.1 Å². The molecule has 1 heteroatoms. The van der Waals surface area contributed by atoms with Gasteiger partial charge in [-0.1, -0.05) is 40.5 Å². The van der Waals surface area contributed by atoms with Gasteiger partial charge >= 0.3 is 0 Å². The molecule has 80 valence electrons. The molecule has 0 saturated heterocycles. The summed E-state index contributed by atoms with van der Waals surface area (Å²) >= 11 is 0. The van der Waals surface area contributed by atoms with Crippen molar-refractivity contribution in [3.05, 3.63) is 0 Å². The van der Waals surface area contributed by atoms with Gasteiger partial charge in [-0.25, -0.2) is 0 Å². The van der Waals surface area contributed by atoms with Crippen molar-refractivity contribution in [1.82, 2.24) is 5.32 Å². The third-order valence-electron chi connectivity index (χ3n) is 2.90. The van der Waals surface area contributed by atoms with Crippen LogP contribution >= 0.6 is 0 Å². The van der Waals surface area contributed by atoms with Crippen LogP contribution < -0.4 is 5.32 Å². The minimum atomic E-state index is 0.654. The lowest BCUT2D eigenvalue weighted by Crippen LogP contribution is -2.39. The Hall–Kier alpha value is -0.0400. The summed E-state index contributed by atoms with van der Waals surface area (Å²) in [4.78, 5) is 0. The molecule has 0 aliphatic rings. The van der Waals surface area contributed by atoms with Crippen LogP contribution in [0.4, 0.5) is 0 Å². The molecule has 0 spiro atoms. The lowest BCUT2D eigenvalue weighted by atomic mass is 10.0. The van der Waals surface area contributed by atoms with Crippen LogP contribution in [0.5, 0.6) is 0 Å². The van der Waals surface area contributed by atoms with E-state index in [9.17, 15) is 0 Å². The standard InChI is InChI=1S/C12H27N/c1-6-8-9-12(7-2)13-11(5)10(3)4/h10-13H,6-9H2,1-5H3. The van der Waals surface area contributed by atoms with Crippen LogP contribution in [0.1, 0.15) is 60.3 Å². The maximum absolute atomic E-state index is 3.70. The predicted molar refractivity (Wildman–Crippen MR) is 61.0 cm³/mol. The monoisotopic (exact) mass is 185 g/mol. The van der Waals surface area contributed by atoms with Crippen molar-refractivity contribution in [2.45, 2.75) is 72.4 Å². The van der Waals surface area contributed by atoms with E-state index in [4.69, 9.17) is 0 Å². The third-order valence-corrected chi connectivity index (χ3v) is 2.90. The average molecular weight is 185 g/mol. The van der Waals surface area contributed by atoms with Crippen LogP contribution in [0.25, 0.3) is 0 Å². The van der Waals surface area contributed by atoms with Gasteiger partial charge < -0.3 is 5.32 Å². The van der Waals surface area contributed by atoms with Gasteiger partial charge in [-0.15, -0.1) is 0 Å². The van der Waals surface area contributed by atoms with Crippen molar-refractivity contribution in [3.63, 3.8) is 0 Å². The number of rotatable bonds is 7. The zero-order valence-corrected chi connectivity index (χ0v) is 10.1. The molecule has 0 heterocycles. The SMILES string of the molecule is CCCCC(CC)NC(C)C(C)C. The average Bonchev–Trinajstić information content (AvgIpc) is 2.11. The van der Waals surface area contributed by atoms with E-state index in [0.717, 1.165) is 12.0 Å². The summed E-state index contributed by atoms with van der Waals surface area (Å²) in [5.74, 6) is 0.746. The second-order valence-corrected chi connectivity index (χ2v) is 4.45. The summed E-state index contributed by atoms with van der Waals surface area (Å²) in [6.45, 7) is 11.4. The second-order valence-electron chi connectivity index (χ2n) is 4.45. The van der Waals surface area contributed by atoms with Crippen LogP contribution in [0.3, 0.4) is 0 Å². The molecule has 0 aliphatic carbocycles. The Balaban J connectivity index is 3.69. The first-order chi connectivity index (χ1) is 6.11. The molecule has 1 N–H and O–H groups in total. The first-order valence-electron chi connectivity index (χ1n) is 5.87. The molecule has 13 heavy (non-hydrogen) atoms. The summed E-state index contributed by atoms with van der Waals surface area (Å²) in [5, 5.41) is 3.70. The highest BCUT2D eigenvalue weighted by Gasteiger charge is 2.11. The van der Waals surface area contributed by atoms with E-state index in [1.165, 1.54) is 25.7 Å². The van der Waals surface area contributed by atoms with Gasteiger partial charge in [0.2, 0.25) is 0 Å². The van der Waals surface area contributed by atoms with Crippen LogP contribution in [0, 0.1) is 5.92 Å². The van der Waals surface area contributed by atoms with Crippen LogP contribution in [0.2, 0.25) is 0 Å². The highest BCUT2D eigenvalue weighted by atomic mass is 14.9.